The monoisotopic (exact) mass is 225 g/mol. The number of nitrogens with zero attached hydrogens (tertiary/aromatic N) is 2. The van der Waals surface area contributed by atoms with Crippen LogP contribution in [0.25, 0.3) is 10.9 Å². The van der Waals surface area contributed by atoms with E-state index in [0.29, 0.717) is 0 Å². The highest BCUT2D eigenvalue weighted by Gasteiger charge is 1.98. The van der Waals surface area contributed by atoms with Crippen LogP contribution < -0.4 is 5.56 Å². The molecule has 0 unspecified atom stereocenters. The van der Waals surface area contributed by atoms with Gasteiger partial charge >= 0.3 is 0 Å². The van der Waals surface area contributed by atoms with Gasteiger partial charge in [0, 0.05) is 30.5 Å². The predicted molar refractivity (Wildman–Crippen MR) is 65.9 cm³/mol. The molecule has 0 atom stereocenters. The number of imidazole rings is 1. The van der Waals surface area contributed by atoms with Crippen LogP contribution in [0.15, 0.2) is 53.8 Å². The lowest BCUT2D eigenvalue weighted by atomic mass is 10.1. The van der Waals surface area contributed by atoms with Crippen molar-refractivity contribution < 1.29 is 0 Å². The molecule has 1 aromatic carbocycles. The molecule has 4 heteroatoms. The molecule has 0 aliphatic carbocycles. The fraction of sp³-hybridized carbons (Fsp3) is 0.0769. The summed E-state index contributed by atoms with van der Waals surface area (Å²) < 4.78 is 2.01. The summed E-state index contributed by atoms with van der Waals surface area (Å²) in [6.45, 7) is 0.787. The van der Waals surface area contributed by atoms with Crippen LogP contribution in [0.5, 0.6) is 0 Å². The minimum atomic E-state index is -0.0696. The lowest BCUT2D eigenvalue weighted by Crippen LogP contribution is -2.03. The van der Waals surface area contributed by atoms with Crippen molar-refractivity contribution >= 4 is 10.9 Å². The van der Waals surface area contributed by atoms with Crippen molar-refractivity contribution in [2.75, 3.05) is 0 Å². The highest BCUT2D eigenvalue weighted by molar-refractivity contribution is 5.78. The van der Waals surface area contributed by atoms with Gasteiger partial charge in [0.05, 0.1) is 6.33 Å². The Hall–Kier alpha value is -2.36. The maximum atomic E-state index is 11.2. The van der Waals surface area contributed by atoms with Gasteiger partial charge < -0.3 is 9.55 Å². The summed E-state index contributed by atoms with van der Waals surface area (Å²) in [7, 11) is 0. The van der Waals surface area contributed by atoms with Gasteiger partial charge in [-0.15, -0.1) is 0 Å². The molecule has 84 valence electrons. The van der Waals surface area contributed by atoms with Crippen LogP contribution in [0.1, 0.15) is 5.56 Å². The number of pyridine rings is 1. The second kappa shape index (κ2) is 3.90. The van der Waals surface area contributed by atoms with Crippen LogP contribution >= 0.6 is 0 Å². The first-order valence-electron chi connectivity index (χ1n) is 5.39. The van der Waals surface area contributed by atoms with E-state index in [1.54, 1.807) is 18.6 Å². The Morgan fingerprint density at radius 3 is 3.00 bits per heavy atom. The number of aromatic nitrogens is 3. The summed E-state index contributed by atoms with van der Waals surface area (Å²) in [5.41, 5.74) is 1.98. The van der Waals surface area contributed by atoms with E-state index in [9.17, 15) is 4.79 Å². The smallest absolute Gasteiger partial charge is 0.248 e. The molecule has 0 spiro atoms. The second-order valence-electron chi connectivity index (χ2n) is 3.98. The van der Waals surface area contributed by atoms with Gasteiger partial charge in [-0.05, 0) is 29.1 Å². The maximum Gasteiger partial charge on any atom is 0.248 e. The number of hydrogen-bond donors (Lipinski definition) is 1. The zero-order chi connectivity index (χ0) is 11.7. The Labute approximate surface area is 97.6 Å². The van der Waals surface area contributed by atoms with Crippen LogP contribution in [0.2, 0.25) is 0 Å². The first kappa shape index (κ1) is 9.84. The van der Waals surface area contributed by atoms with Gasteiger partial charge in [-0.2, -0.15) is 0 Å². The Kier molecular flexibility index (Phi) is 2.26. The molecule has 2 aromatic heterocycles. The molecule has 0 fully saturated rings. The molecule has 0 bridgehead atoms. The van der Waals surface area contributed by atoms with Gasteiger partial charge in [-0.25, -0.2) is 4.98 Å². The van der Waals surface area contributed by atoms with Crippen LogP contribution in [0, 0.1) is 0 Å². The van der Waals surface area contributed by atoms with Crippen molar-refractivity contribution in [2.45, 2.75) is 6.54 Å². The van der Waals surface area contributed by atoms with Crippen molar-refractivity contribution in [3.63, 3.8) is 0 Å². The fourth-order valence-electron chi connectivity index (χ4n) is 1.89. The van der Waals surface area contributed by atoms with E-state index < -0.39 is 0 Å². The molecule has 2 heterocycles. The molecule has 0 amide bonds. The fourth-order valence-corrected chi connectivity index (χ4v) is 1.89. The molecule has 0 radical (unpaired) electrons. The summed E-state index contributed by atoms with van der Waals surface area (Å²) in [5.74, 6) is 0. The SMILES string of the molecule is O=c1ccc2cc(Cn3ccnc3)ccc2[nH]1. The zero-order valence-corrected chi connectivity index (χ0v) is 9.13. The highest BCUT2D eigenvalue weighted by Crippen LogP contribution is 2.13. The molecule has 3 aromatic rings. The molecule has 17 heavy (non-hydrogen) atoms. The van der Waals surface area contributed by atoms with Crippen molar-refractivity contribution in [3.05, 3.63) is 65.0 Å². The number of hydrogen-bond acceptors (Lipinski definition) is 2. The van der Waals surface area contributed by atoms with Gasteiger partial charge in [0.1, 0.15) is 0 Å². The topological polar surface area (TPSA) is 50.7 Å². The van der Waals surface area contributed by atoms with E-state index in [1.807, 2.05) is 29.0 Å². The molecule has 3 rings (SSSR count). The van der Waals surface area contributed by atoms with Gasteiger partial charge in [-0.1, -0.05) is 6.07 Å². The van der Waals surface area contributed by atoms with E-state index in [4.69, 9.17) is 0 Å². The van der Waals surface area contributed by atoms with Crippen molar-refractivity contribution in [2.24, 2.45) is 0 Å². The Morgan fingerprint density at radius 1 is 1.24 bits per heavy atom. The molecule has 0 saturated carbocycles. The van der Waals surface area contributed by atoms with Gasteiger partial charge in [0.15, 0.2) is 0 Å². The van der Waals surface area contributed by atoms with E-state index in [2.05, 4.69) is 16.0 Å². The summed E-state index contributed by atoms with van der Waals surface area (Å²) in [5, 5.41) is 1.04. The Balaban J connectivity index is 2.02. The second-order valence-corrected chi connectivity index (χ2v) is 3.98. The number of H-pyrrole nitrogens is 1. The average Bonchev–Trinajstić information content (AvgIpc) is 2.82. The highest BCUT2D eigenvalue weighted by atomic mass is 16.1. The van der Waals surface area contributed by atoms with E-state index in [0.717, 1.165) is 17.4 Å². The molecular formula is C13H11N3O. The summed E-state index contributed by atoms with van der Waals surface area (Å²) in [4.78, 5) is 18.0. The minimum Gasteiger partial charge on any atom is -0.333 e. The molecule has 0 saturated heterocycles. The number of rotatable bonds is 2. The van der Waals surface area contributed by atoms with Crippen LogP contribution in [0.4, 0.5) is 0 Å². The van der Waals surface area contributed by atoms with Gasteiger partial charge in [0.2, 0.25) is 5.56 Å². The molecule has 1 N–H and O–H groups in total. The summed E-state index contributed by atoms with van der Waals surface area (Å²) >= 11 is 0. The number of aromatic amines is 1. The summed E-state index contributed by atoms with van der Waals surface area (Å²) in [6.07, 6.45) is 5.48. The number of fused-ring (bicyclic) bond motifs is 1. The summed E-state index contributed by atoms with van der Waals surface area (Å²) in [6, 6.07) is 9.40. The first-order chi connectivity index (χ1) is 8.31. The minimum absolute atomic E-state index is 0.0696. The standard InChI is InChI=1S/C13H11N3O/c17-13-4-2-11-7-10(1-3-12(11)15-13)8-16-6-5-14-9-16/h1-7,9H,8H2,(H,15,17). The van der Waals surface area contributed by atoms with E-state index in [1.165, 1.54) is 5.56 Å². The average molecular weight is 225 g/mol. The van der Waals surface area contributed by atoms with E-state index >= 15 is 0 Å². The maximum absolute atomic E-state index is 11.2. The number of nitrogens with one attached hydrogen (secondary N) is 1. The first-order valence-corrected chi connectivity index (χ1v) is 5.39. The van der Waals surface area contributed by atoms with Gasteiger partial charge in [0.25, 0.3) is 0 Å². The third kappa shape index (κ3) is 1.97. The zero-order valence-electron chi connectivity index (χ0n) is 9.13. The Morgan fingerprint density at radius 2 is 2.18 bits per heavy atom. The van der Waals surface area contributed by atoms with Crippen molar-refractivity contribution in [3.8, 4) is 0 Å². The van der Waals surface area contributed by atoms with Crippen molar-refractivity contribution in [1.29, 1.82) is 0 Å². The molecule has 4 nitrogen and oxygen atoms in total. The lowest BCUT2D eigenvalue weighted by Gasteiger charge is -2.04. The third-order valence-electron chi connectivity index (χ3n) is 2.71. The quantitative estimate of drug-likeness (QED) is 0.722. The van der Waals surface area contributed by atoms with E-state index in [-0.39, 0.29) is 5.56 Å². The predicted octanol–water partition coefficient (Wildman–Crippen LogP) is 1.77. The largest absolute Gasteiger partial charge is 0.333 e. The third-order valence-corrected chi connectivity index (χ3v) is 2.71. The van der Waals surface area contributed by atoms with Crippen LogP contribution in [0.3, 0.4) is 0 Å². The molecule has 0 aliphatic heterocycles. The van der Waals surface area contributed by atoms with Crippen LogP contribution in [-0.4, -0.2) is 14.5 Å². The Bertz CT molecular complexity index is 698. The van der Waals surface area contributed by atoms with Crippen LogP contribution in [-0.2, 0) is 6.54 Å². The lowest BCUT2D eigenvalue weighted by molar-refractivity contribution is 0.798. The molecular weight excluding hydrogens is 214 g/mol. The van der Waals surface area contributed by atoms with Gasteiger partial charge in [-0.3, -0.25) is 4.79 Å². The molecule has 0 aliphatic rings. The number of benzene rings is 1. The van der Waals surface area contributed by atoms with Crippen molar-refractivity contribution in [1.82, 2.24) is 14.5 Å². The normalized spacial score (nSPS) is 10.8.